The summed E-state index contributed by atoms with van der Waals surface area (Å²) in [5.74, 6) is -0.0783. The maximum Gasteiger partial charge on any atom is 0.268 e. The summed E-state index contributed by atoms with van der Waals surface area (Å²) < 4.78 is 1.51. The minimum Gasteiger partial charge on any atom is -0.299 e. The van der Waals surface area contributed by atoms with Crippen molar-refractivity contribution in [3.8, 4) is 0 Å². The van der Waals surface area contributed by atoms with Crippen molar-refractivity contribution in [2.24, 2.45) is 0 Å². The molecule has 0 radical (unpaired) electrons. The molecule has 0 atom stereocenters. The van der Waals surface area contributed by atoms with E-state index in [4.69, 9.17) is 0 Å². The number of hydrogen-bond donors (Lipinski definition) is 2. The maximum atomic E-state index is 12.3. The molecule has 0 fully saturated rings. The second-order valence-electron chi connectivity index (χ2n) is 4.36. The first-order chi connectivity index (χ1) is 10.1. The van der Waals surface area contributed by atoms with Gasteiger partial charge in [-0.2, -0.15) is 10.1 Å². The number of aryl methyl sites for hydroxylation is 2. The minimum absolute atomic E-state index is 0.130. The number of hydrogen-bond acceptors (Lipinski definition) is 6. The molecule has 0 saturated carbocycles. The van der Waals surface area contributed by atoms with Gasteiger partial charge in [-0.05, 0) is 19.4 Å². The van der Waals surface area contributed by atoms with Crippen molar-refractivity contribution in [3.63, 3.8) is 0 Å². The summed E-state index contributed by atoms with van der Waals surface area (Å²) >= 11 is 1.19. The first kappa shape index (κ1) is 13.4. The van der Waals surface area contributed by atoms with E-state index in [2.05, 4.69) is 25.5 Å². The van der Waals surface area contributed by atoms with E-state index >= 15 is 0 Å². The van der Waals surface area contributed by atoms with Crippen LogP contribution in [0.4, 0.5) is 5.95 Å². The van der Waals surface area contributed by atoms with Crippen molar-refractivity contribution in [2.75, 3.05) is 5.32 Å². The number of amides is 1. The molecule has 0 aliphatic carbocycles. The normalized spacial score (nSPS) is 11.0. The van der Waals surface area contributed by atoms with Gasteiger partial charge in [-0.1, -0.05) is 0 Å². The first-order valence-corrected chi connectivity index (χ1v) is 7.08. The molecule has 0 aliphatic rings. The molecule has 0 saturated heterocycles. The second-order valence-corrected chi connectivity index (χ2v) is 5.36. The van der Waals surface area contributed by atoms with Gasteiger partial charge in [0, 0.05) is 6.54 Å². The van der Waals surface area contributed by atoms with Gasteiger partial charge in [0.25, 0.3) is 11.5 Å². The third-order valence-corrected chi connectivity index (χ3v) is 4.31. The van der Waals surface area contributed by atoms with Crippen molar-refractivity contribution >= 4 is 33.4 Å². The molecule has 3 aromatic heterocycles. The monoisotopic (exact) mass is 304 g/mol. The largest absolute Gasteiger partial charge is 0.299 e. The van der Waals surface area contributed by atoms with Crippen molar-refractivity contribution in [3.05, 3.63) is 33.4 Å². The highest BCUT2D eigenvalue weighted by Gasteiger charge is 2.19. The van der Waals surface area contributed by atoms with Crippen LogP contribution >= 0.6 is 11.3 Å². The van der Waals surface area contributed by atoms with Crippen molar-refractivity contribution in [2.45, 2.75) is 20.4 Å². The fourth-order valence-electron chi connectivity index (χ4n) is 2.03. The number of aromatic amines is 1. The van der Waals surface area contributed by atoms with Gasteiger partial charge in [0.15, 0.2) is 0 Å². The summed E-state index contributed by atoms with van der Waals surface area (Å²) in [6.45, 7) is 4.15. The van der Waals surface area contributed by atoms with Gasteiger partial charge in [-0.15, -0.1) is 11.3 Å². The van der Waals surface area contributed by atoms with Crippen LogP contribution in [0.1, 0.15) is 22.2 Å². The molecule has 8 nitrogen and oxygen atoms in total. The van der Waals surface area contributed by atoms with Crippen LogP contribution in [-0.2, 0) is 6.54 Å². The average Bonchev–Trinajstić information content (AvgIpc) is 3.07. The van der Waals surface area contributed by atoms with Gasteiger partial charge in [0.2, 0.25) is 5.95 Å². The number of thiophene rings is 1. The highest BCUT2D eigenvalue weighted by Crippen LogP contribution is 2.27. The van der Waals surface area contributed by atoms with E-state index in [9.17, 15) is 9.59 Å². The Hall–Kier alpha value is -2.55. The van der Waals surface area contributed by atoms with Crippen LogP contribution in [-0.4, -0.2) is 30.6 Å². The Bertz CT molecular complexity index is 864. The Morgan fingerprint density at radius 3 is 2.95 bits per heavy atom. The van der Waals surface area contributed by atoms with Gasteiger partial charge >= 0.3 is 0 Å². The summed E-state index contributed by atoms with van der Waals surface area (Å²) in [7, 11) is 0. The quantitative estimate of drug-likeness (QED) is 0.755. The Labute approximate surface area is 122 Å². The smallest absolute Gasteiger partial charge is 0.268 e. The van der Waals surface area contributed by atoms with Crippen LogP contribution in [0.5, 0.6) is 0 Å². The van der Waals surface area contributed by atoms with E-state index in [0.717, 1.165) is 0 Å². The predicted octanol–water partition coefficient (Wildman–Crippen LogP) is 1.16. The third kappa shape index (κ3) is 2.21. The number of carbonyl (C=O) groups excluding carboxylic acids is 1. The van der Waals surface area contributed by atoms with Crippen molar-refractivity contribution in [1.82, 2.24) is 24.7 Å². The summed E-state index contributed by atoms with van der Waals surface area (Å²) in [5.41, 5.74) is 0.502. The van der Waals surface area contributed by atoms with Gasteiger partial charge in [0.1, 0.15) is 11.2 Å². The summed E-state index contributed by atoms with van der Waals surface area (Å²) in [6, 6.07) is 0. The number of H-pyrrole nitrogens is 1. The molecule has 3 aromatic rings. The molecular formula is C12H12N6O2S. The number of nitrogens with one attached hydrogen (secondary N) is 2. The SMILES string of the molecule is CCn1cnc2sc(C(=O)Nc3ncn[nH]3)c(C)c2c1=O. The van der Waals surface area contributed by atoms with Gasteiger partial charge in [-0.3, -0.25) is 19.5 Å². The lowest BCUT2D eigenvalue weighted by Gasteiger charge is -2.01. The zero-order valence-corrected chi connectivity index (χ0v) is 12.2. The zero-order chi connectivity index (χ0) is 15.0. The molecule has 0 aliphatic heterocycles. The summed E-state index contributed by atoms with van der Waals surface area (Å²) in [6.07, 6.45) is 2.80. The minimum atomic E-state index is -0.338. The number of aromatic nitrogens is 5. The van der Waals surface area contributed by atoms with E-state index in [0.29, 0.717) is 27.2 Å². The Morgan fingerprint density at radius 2 is 2.29 bits per heavy atom. The van der Waals surface area contributed by atoms with E-state index in [1.807, 2.05) is 6.92 Å². The van der Waals surface area contributed by atoms with Gasteiger partial charge in [-0.25, -0.2) is 10.1 Å². The average molecular weight is 304 g/mol. The van der Waals surface area contributed by atoms with Crippen LogP contribution in [0, 0.1) is 6.92 Å². The van der Waals surface area contributed by atoms with Crippen LogP contribution in [0.15, 0.2) is 17.4 Å². The number of anilines is 1. The Kier molecular flexibility index (Phi) is 3.26. The van der Waals surface area contributed by atoms with E-state index in [1.54, 1.807) is 6.92 Å². The van der Waals surface area contributed by atoms with Crippen LogP contribution in [0.2, 0.25) is 0 Å². The second kappa shape index (κ2) is 5.09. The molecule has 3 rings (SSSR count). The van der Waals surface area contributed by atoms with Gasteiger partial charge in [0.05, 0.1) is 16.6 Å². The molecule has 1 amide bonds. The molecule has 2 N–H and O–H groups in total. The molecule has 3 heterocycles. The van der Waals surface area contributed by atoms with Crippen LogP contribution in [0.3, 0.4) is 0 Å². The summed E-state index contributed by atoms with van der Waals surface area (Å²) in [4.78, 5) is 33.6. The number of carbonyl (C=O) groups is 1. The van der Waals surface area contributed by atoms with Crippen LogP contribution in [0.25, 0.3) is 10.2 Å². The first-order valence-electron chi connectivity index (χ1n) is 6.27. The lowest BCUT2D eigenvalue weighted by atomic mass is 10.2. The molecule has 9 heteroatoms. The lowest BCUT2D eigenvalue weighted by Crippen LogP contribution is -2.19. The highest BCUT2D eigenvalue weighted by atomic mass is 32.1. The lowest BCUT2D eigenvalue weighted by molar-refractivity contribution is 0.102. The Balaban J connectivity index is 2.08. The predicted molar refractivity (Wildman–Crippen MR) is 78.6 cm³/mol. The fraction of sp³-hybridized carbons (Fsp3) is 0.250. The molecule has 0 spiro atoms. The number of nitrogens with zero attached hydrogens (tertiary/aromatic N) is 4. The number of rotatable bonds is 3. The summed E-state index contributed by atoms with van der Waals surface area (Å²) in [5, 5.41) is 9.29. The zero-order valence-electron chi connectivity index (χ0n) is 11.4. The molecule has 0 unspecified atom stereocenters. The van der Waals surface area contributed by atoms with Crippen molar-refractivity contribution < 1.29 is 4.79 Å². The van der Waals surface area contributed by atoms with Gasteiger partial charge < -0.3 is 0 Å². The molecule has 0 bridgehead atoms. The molecular weight excluding hydrogens is 292 g/mol. The highest BCUT2D eigenvalue weighted by molar-refractivity contribution is 7.20. The Morgan fingerprint density at radius 1 is 1.48 bits per heavy atom. The number of fused-ring (bicyclic) bond motifs is 1. The molecule has 21 heavy (non-hydrogen) atoms. The molecule has 0 aromatic carbocycles. The molecule has 108 valence electrons. The van der Waals surface area contributed by atoms with Crippen LogP contribution < -0.4 is 10.9 Å². The third-order valence-electron chi connectivity index (χ3n) is 3.11. The topological polar surface area (TPSA) is 106 Å². The standard InChI is InChI=1S/C12H12N6O2S/c1-3-18-5-14-10-7(11(18)20)6(2)8(21-10)9(19)16-12-13-4-15-17-12/h4-5H,3H2,1-2H3,(H2,13,15,16,17,19). The van der Waals surface area contributed by atoms with Crippen molar-refractivity contribution in [1.29, 1.82) is 0 Å². The van der Waals surface area contributed by atoms with E-state index < -0.39 is 0 Å². The fourth-order valence-corrected chi connectivity index (χ4v) is 3.07. The van der Waals surface area contributed by atoms with E-state index in [-0.39, 0.29) is 17.4 Å². The van der Waals surface area contributed by atoms with E-state index in [1.165, 1.54) is 28.6 Å². The maximum absolute atomic E-state index is 12.3.